The van der Waals surface area contributed by atoms with Crippen molar-refractivity contribution in [1.82, 2.24) is 4.90 Å². The van der Waals surface area contributed by atoms with Gasteiger partial charge in [-0.25, -0.2) is 0 Å². The minimum Gasteiger partial charge on any atom is -0.336 e. The van der Waals surface area contributed by atoms with Crippen molar-refractivity contribution in [3.05, 3.63) is 0 Å². The standard InChI is InChI=1S/C13H26N2O/c1-12(2,3)9-11(16)15-8-6-7-10(14)13(15,4)5/h10H,6-9,14H2,1-5H3. The van der Waals surface area contributed by atoms with E-state index in [-0.39, 0.29) is 22.9 Å². The molecule has 0 aromatic heterocycles. The summed E-state index contributed by atoms with van der Waals surface area (Å²) >= 11 is 0. The second kappa shape index (κ2) is 4.36. The molecule has 0 saturated carbocycles. The zero-order chi connectivity index (χ0) is 12.6. The fraction of sp³-hybridized carbons (Fsp3) is 0.923. The van der Waals surface area contributed by atoms with Crippen molar-refractivity contribution in [2.24, 2.45) is 11.1 Å². The highest BCUT2D eigenvalue weighted by atomic mass is 16.2. The molecule has 1 rings (SSSR count). The van der Waals surface area contributed by atoms with E-state index in [0.29, 0.717) is 6.42 Å². The number of amides is 1. The van der Waals surface area contributed by atoms with Crippen LogP contribution in [0.3, 0.4) is 0 Å². The van der Waals surface area contributed by atoms with Gasteiger partial charge in [-0.15, -0.1) is 0 Å². The van der Waals surface area contributed by atoms with E-state index in [1.165, 1.54) is 0 Å². The molecule has 0 aliphatic carbocycles. The Labute approximate surface area is 99.4 Å². The molecular weight excluding hydrogens is 200 g/mol. The van der Waals surface area contributed by atoms with Crippen LogP contribution in [0.5, 0.6) is 0 Å². The smallest absolute Gasteiger partial charge is 0.223 e. The molecule has 3 nitrogen and oxygen atoms in total. The van der Waals surface area contributed by atoms with Crippen LogP contribution in [0.4, 0.5) is 0 Å². The molecule has 0 aromatic rings. The first kappa shape index (κ1) is 13.5. The van der Waals surface area contributed by atoms with E-state index >= 15 is 0 Å². The van der Waals surface area contributed by atoms with E-state index in [9.17, 15) is 4.79 Å². The lowest BCUT2D eigenvalue weighted by molar-refractivity contribution is -0.141. The lowest BCUT2D eigenvalue weighted by atomic mass is 9.83. The summed E-state index contributed by atoms with van der Waals surface area (Å²) in [7, 11) is 0. The number of rotatable bonds is 1. The Balaban J connectivity index is 2.75. The van der Waals surface area contributed by atoms with Gasteiger partial charge in [-0.2, -0.15) is 0 Å². The van der Waals surface area contributed by atoms with Crippen LogP contribution < -0.4 is 5.73 Å². The lowest BCUT2D eigenvalue weighted by Crippen LogP contribution is -2.61. The fourth-order valence-corrected chi connectivity index (χ4v) is 2.31. The number of carbonyl (C=O) groups excluding carboxylic acids is 1. The van der Waals surface area contributed by atoms with Gasteiger partial charge in [0.15, 0.2) is 0 Å². The van der Waals surface area contributed by atoms with Crippen molar-refractivity contribution < 1.29 is 4.79 Å². The van der Waals surface area contributed by atoms with Crippen molar-refractivity contribution in [2.75, 3.05) is 6.54 Å². The average Bonchev–Trinajstić information content (AvgIpc) is 2.06. The van der Waals surface area contributed by atoms with Gasteiger partial charge in [0.1, 0.15) is 0 Å². The Morgan fingerprint density at radius 1 is 1.44 bits per heavy atom. The van der Waals surface area contributed by atoms with E-state index < -0.39 is 0 Å². The number of hydrogen-bond donors (Lipinski definition) is 1. The summed E-state index contributed by atoms with van der Waals surface area (Å²) in [5.41, 5.74) is 5.97. The molecule has 1 heterocycles. The van der Waals surface area contributed by atoms with Gasteiger partial charge in [0.05, 0.1) is 5.54 Å². The summed E-state index contributed by atoms with van der Waals surface area (Å²) in [5.74, 6) is 0.243. The van der Waals surface area contributed by atoms with E-state index in [1.54, 1.807) is 0 Å². The van der Waals surface area contributed by atoms with E-state index in [0.717, 1.165) is 19.4 Å². The van der Waals surface area contributed by atoms with Crippen LogP contribution in [0.25, 0.3) is 0 Å². The van der Waals surface area contributed by atoms with Gasteiger partial charge >= 0.3 is 0 Å². The van der Waals surface area contributed by atoms with Gasteiger partial charge in [0.25, 0.3) is 0 Å². The minimum absolute atomic E-state index is 0.0503. The molecule has 1 amide bonds. The summed E-state index contributed by atoms with van der Waals surface area (Å²) in [5, 5.41) is 0. The van der Waals surface area contributed by atoms with Gasteiger partial charge < -0.3 is 10.6 Å². The van der Waals surface area contributed by atoms with Crippen LogP contribution in [0.1, 0.15) is 53.9 Å². The van der Waals surface area contributed by atoms with Crippen molar-refractivity contribution in [3.63, 3.8) is 0 Å². The third-order valence-electron chi connectivity index (χ3n) is 3.48. The molecule has 94 valence electrons. The molecule has 1 saturated heterocycles. The quantitative estimate of drug-likeness (QED) is 0.744. The number of nitrogens with two attached hydrogens (primary N) is 1. The Kier molecular flexibility index (Phi) is 3.68. The summed E-state index contributed by atoms with van der Waals surface area (Å²) in [6.07, 6.45) is 2.65. The molecule has 0 spiro atoms. The normalized spacial score (nSPS) is 25.6. The highest BCUT2D eigenvalue weighted by Gasteiger charge is 2.39. The average molecular weight is 226 g/mol. The number of likely N-dealkylation sites (tertiary alicyclic amines) is 1. The summed E-state index contributed by atoms with van der Waals surface area (Å²) in [4.78, 5) is 14.2. The van der Waals surface area contributed by atoms with Crippen LogP contribution in [0.15, 0.2) is 0 Å². The number of piperidine rings is 1. The Morgan fingerprint density at radius 3 is 2.50 bits per heavy atom. The van der Waals surface area contributed by atoms with Gasteiger partial charge in [-0.1, -0.05) is 20.8 Å². The van der Waals surface area contributed by atoms with Crippen LogP contribution in [-0.2, 0) is 4.79 Å². The van der Waals surface area contributed by atoms with E-state index in [1.807, 2.05) is 4.90 Å². The summed E-state index contributed by atoms with van der Waals surface area (Å²) in [6, 6.07) is 0.102. The molecule has 0 bridgehead atoms. The fourth-order valence-electron chi connectivity index (χ4n) is 2.31. The first-order valence-corrected chi connectivity index (χ1v) is 6.20. The monoisotopic (exact) mass is 226 g/mol. The van der Waals surface area contributed by atoms with Crippen molar-refractivity contribution in [3.8, 4) is 0 Å². The Bertz CT molecular complexity index is 266. The number of hydrogen-bond acceptors (Lipinski definition) is 2. The minimum atomic E-state index is -0.194. The highest BCUT2D eigenvalue weighted by Crippen LogP contribution is 2.29. The second-order valence-corrected chi connectivity index (χ2v) is 6.69. The molecule has 16 heavy (non-hydrogen) atoms. The van der Waals surface area contributed by atoms with Crippen LogP contribution in [-0.4, -0.2) is 28.9 Å². The maximum absolute atomic E-state index is 12.2. The first-order valence-electron chi connectivity index (χ1n) is 6.20. The van der Waals surface area contributed by atoms with Crippen LogP contribution in [0.2, 0.25) is 0 Å². The third kappa shape index (κ3) is 2.97. The van der Waals surface area contributed by atoms with E-state index in [2.05, 4.69) is 34.6 Å². The topological polar surface area (TPSA) is 46.3 Å². The van der Waals surface area contributed by atoms with Crippen LogP contribution in [0, 0.1) is 5.41 Å². The summed E-state index contributed by atoms with van der Waals surface area (Å²) in [6.45, 7) is 11.3. The number of carbonyl (C=O) groups is 1. The first-order chi connectivity index (χ1) is 7.14. The van der Waals surface area contributed by atoms with Gasteiger partial charge in [0, 0.05) is 19.0 Å². The molecule has 0 aromatic carbocycles. The zero-order valence-corrected chi connectivity index (χ0v) is 11.3. The van der Waals surface area contributed by atoms with Gasteiger partial charge in [-0.3, -0.25) is 4.79 Å². The lowest BCUT2D eigenvalue weighted by Gasteiger charge is -2.47. The van der Waals surface area contributed by atoms with Crippen molar-refractivity contribution in [2.45, 2.75) is 65.5 Å². The molecular formula is C13H26N2O. The molecule has 3 heteroatoms. The zero-order valence-electron chi connectivity index (χ0n) is 11.3. The molecule has 1 atom stereocenters. The number of nitrogens with zero attached hydrogens (tertiary/aromatic N) is 1. The highest BCUT2D eigenvalue weighted by molar-refractivity contribution is 5.77. The maximum Gasteiger partial charge on any atom is 0.223 e. The van der Waals surface area contributed by atoms with Gasteiger partial charge in [0.2, 0.25) is 5.91 Å². The molecule has 1 aliphatic heterocycles. The third-order valence-corrected chi connectivity index (χ3v) is 3.48. The predicted octanol–water partition coefficient (Wildman–Crippen LogP) is 2.15. The Hall–Kier alpha value is -0.570. The molecule has 1 aliphatic rings. The van der Waals surface area contributed by atoms with Crippen molar-refractivity contribution in [1.29, 1.82) is 0 Å². The maximum atomic E-state index is 12.2. The van der Waals surface area contributed by atoms with Gasteiger partial charge in [-0.05, 0) is 32.1 Å². The van der Waals surface area contributed by atoms with Crippen LogP contribution >= 0.6 is 0 Å². The predicted molar refractivity (Wildman–Crippen MR) is 67.1 cm³/mol. The van der Waals surface area contributed by atoms with Crippen molar-refractivity contribution >= 4 is 5.91 Å². The molecule has 1 unspecified atom stereocenters. The SMILES string of the molecule is CC(C)(C)CC(=O)N1CCCC(N)C1(C)C. The Morgan fingerprint density at radius 2 is 2.00 bits per heavy atom. The molecule has 2 N–H and O–H groups in total. The van der Waals surface area contributed by atoms with E-state index in [4.69, 9.17) is 5.73 Å². The largest absolute Gasteiger partial charge is 0.336 e. The molecule has 0 radical (unpaired) electrons. The second-order valence-electron chi connectivity index (χ2n) is 6.69. The summed E-state index contributed by atoms with van der Waals surface area (Å²) < 4.78 is 0. The molecule has 1 fully saturated rings.